The van der Waals surface area contributed by atoms with Crippen molar-refractivity contribution in [3.63, 3.8) is 0 Å². The SMILES string of the molecule is O=C(NC[C@H](c1ccc(F)cc1)N1CCOCC1)[C@H]1Cc2cc(Cl)ccc2O1. The molecule has 1 N–H and O–H groups in total. The van der Waals surface area contributed by atoms with Gasteiger partial charge < -0.3 is 14.8 Å². The van der Waals surface area contributed by atoms with Crippen LogP contribution in [0.2, 0.25) is 5.02 Å². The number of carbonyl (C=O) groups excluding carboxylic acids is 1. The number of carbonyl (C=O) groups is 1. The van der Waals surface area contributed by atoms with Crippen LogP contribution in [0.4, 0.5) is 4.39 Å². The Morgan fingerprint density at radius 1 is 1.21 bits per heavy atom. The predicted molar refractivity (Wildman–Crippen MR) is 104 cm³/mol. The van der Waals surface area contributed by atoms with Crippen LogP contribution in [0.5, 0.6) is 5.75 Å². The number of fused-ring (bicyclic) bond motifs is 1. The Kier molecular flexibility index (Phi) is 5.80. The molecule has 0 aliphatic carbocycles. The van der Waals surface area contributed by atoms with Crippen LogP contribution in [0, 0.1) is 5.82 Å². The molecule has 0 aromatic heterocycles. The predicted octanol–water partition coefficient (Wildman–Crippen LogP) is 2.97. The summed E-state index contributed by atoms with van der Waals surface area (Å²) in [5.74, 6) is 0.268. The van der Waals surface area contributed by atoms with E-state index in [1.54, 1.807) is 24.3 Å². The van der Waals surface area contributed by atoms with Gasteiger partial charge in [-0.05, 0) is 41.5 Å². The molecule has 5 nitrogen and oxygen atoms in total. The lowest BCUT2D eigenvalue weighted by molar-refractivity contribution is -0.127. The molecule has 2 aliphatic heterocycles. The molecule has 2 aromatic rings. The van der Waals surface area contributed by atoms with Gasteiger partial charge in [-0.25, -0.2) is 4.39 Å². The van der Waals surface area contributed by atoms with Crippen molar-refractivity contribution in [1.82, 2.24) is 10.2 Å². The summed E-state index contributed by atoms with van der Waals surface area (Å²) in [6.45, 7) is 3.24. The molecule has 2 aliphatic rings. The van der Waals surface area contributed by atoms with Crippen molar-refractivity contribution < 1.29 is 18.7 Å². The molecule has 0 spiro atoms. The van der Waals surface area contributed by atoms with Crippen molar-refractivity contribution in [2.45, 2.75) is 18.6 Å². The summed E-state index contributed by atoms with van der Waals surface area (Å²) in [6.07, 6.45) is -0.0624. The minimum absolute atomic E-state index is 0.0494. The van der Waals surface area contributed by atoms with E-state index in [-0.39, 0.29) is 17.8 Å². The van der Waals surface area contributed by atoms with Gasteiger partial charge in [-0.2, -0.15) is 0 Å². The number of morpholine rings is 1. The van der Waals surface area contributed by atoms with Gasteiger partial charge in [-0.3, -0.25) is 9.69 Å². The fraction of sp³-hybridized carbons (Fsp3) is 0.381. The molecular formula is C21H22ClFN2O3. The molecule has 148 valence electrons. The van der Waals surface area contributed by atoms with Crippen LogP contribution in [0.1, 0.15) is 17.2 Å². The molecule has 0 radical (unpaired) electrons. The van der Waals surface area contributed by atoms with Crippen LogP contribution in [-0.2, 0) is 16.0 Å². The maximum Gasteiger partial charge on any atom is 0.261 e. The third-order valence-corrected chi connectivity index (χ3v) is 5.44. The van der Waals surface area contributed by atoms with E-state index in [0.717, 1.165) is 24.2 Å². The van der Waals surface area contributed by atoms with Crippen LogP contribution in [0.25, 0.3) is 0 Å². The number of hydrogen-bond donors (Lipinski definition) is 1. The highest BCUT2D eigenvalue weighted by molar-refractivity contribution is 6.30. The number of rotatable bonds is 5. The average Bonchev–Trinajstić information content (AvgIpc) is 3.13. The average molecular weight is 405 g/mol. The minimum atomic E-state index is -0.563. The maximum atomic E-state index is 13.3. The highest BCUT2D eigenvalue weighted by Crippen LogP contribution is 2.31. The molecule has 7 heteroatoms. The van der Waals surface area contributed by atoms with Gasteiger partial charge in [0.25, 0.3) is 5.91 Å². The molecule has 0 saturated carbocycles. The zero-order chi connectivity index (χ0) is 19.5. The summed E-state index contributed by atoms with van der Waals surface area (Å²) in [5.41, 5.74) is 1.90. The lowest BCUT2D eigenvalue weighted by Crippen LogP contribution is -2.46. The smallest absolute Gasteiger partial charge is 0.261 e. The molecule has 0 bridgehead atoms. The molecule has 28 heavy (non-hydrogen) atoms. The standard InChI is InChI=1S/C21H22ClFN2O3/c22-16-3-6-19-15(11-16)12-20(28-19)21(26)24-13-18(25-7-9-27-10-8-25)14-1-4-17(23)5-2-14/h1-6,11,18,20H,7-10,12-13H2,(H,24,26)/t18-,20-/m1/s1. The van der Waals surface area contributed by atoms with Gasteiger partial charge in [0.1, 0.15) is 11.6 Å². The number of nitrogens with zero attached hydrogens (tertiary/aromatic N) is 1. The van der Waals surface area contributed by atoms with Gasteiger partial charge in [0.2, 0.25) is 0 Å². The van der Waals surface area contributed by atoms with Crippen LogP contribution in [0.15, 0.2) is 42.5 Å². The first-order valence-electron chi connectivity index (χ1n) is 9.40. The van der Waals surface area contributed by atoms with E-state index >= 15 is 0 Å². The maximum absolute atomic E-state index is 13.3. The molecule has 1 saturated heterocycles. The fourth-order valence-electron chi connectivity index (χ4n) is 3.71. The van der Waals surface area contributed by atoms with Crippen LogP contribution in [0.3, 0.4) is 0 Å². The molecule has 1 amide bonds. The van der Waals surface area contributed by atoms with Gasteiger partial charge in [0.15, 0.2) is 6.10 Å². The van der Waals surface area contributed by atoms with Crippen molar-refractivity contribution >= 4 is 17.5 Å². The number of ether oxygens (including phenoxy) is 2. The Morgan fingerprint density at radius 3 is 2.71 bits per heavy atom. The quantitative estimate of drug-likeness (QED) is 0.832. The Hall–Kier alpha value is -2.15. The minimum Gasteiger partial charge on any atom is -0.480 e. The Morgan fingerprint density at radius 2 is 1.96 bits per heavy atom. The number of benzene rings is 2. The van der Waals surface area contributed by atoms with Crippen LogP contribution < -0.4 is 10.1 Å². The van der Waals surface area contributed by atoms with E-state index < -0.39 is 6.10 Å². The molecule has 2 atom stereocenters. The monoisotopic (exact) mass is 404 g/mol. The summed E-state index contributed by atoms with van der Waals surface area (Å²) < 4.78 is 24.5. The van der Waals surface area contributed by atoms with E-state index in [0.29, 0.717) is 37.0 Å². The summed E-state index contributed by atoms with van der Waals surface area (Å²) in [5, 5.41) is 3.64. The zero-order valence-electron chi connectivity index (χ0n) is 15.4. The van der Waals surface area contributed by atoms with Crippen molar-refractivity contribution in [2.24, 2.45) is 0 Å². The van der Waals surface area contributed by atoms with Crippen molar-refractivity contribution in [3.05, 3.63) is 64.4 Å². The first-order valence-corrected chi connectivity index (χ1v) is 9.78. The number of amides is 1. The number of hydrogen-bond acceptors (Lipinski definition) is 4. The molecule has 0 unspecified atom stereocenters. The third kappa shape index (κ3) is 4.29. The zero-order valence-corrected chi connectivity index (χ0v) is 16.1. The summed E-state index contributed by atoms with van der Waals surface area (Å²) in [4.78, 5) is 15.0. The van der Waals surface area contributed by atoms with Gasteiger partial charge in [0.05, 0.1) is 19.3 Å². The van der Waals surface area contributed by atoms with Crippen molar-refractivity contribution in [3.8, 4) is 5.75 Å². The Balaban J connectivity index is 1.42. The Labute approximate surface area is 168 Å². The second-order valence-corrected chi connectivity index (χ2v) is 7.46. The first kappa shape index (κ1) is 19.2. The van der Waals surface area contributed by atoms with Gasteiger partial charge in [-0.15, -0.1) is 0 Å². The lowest BCUT2D eigenvalue weighted by atomic mass is 10.0. The molecule has 4 rings (SSSR count). The van der Waals surface area contributed by atoms with Crippen LogP contribution in [-0.4, -0.2) is 49.8 Å². The first-order chi connectivity index (χ1) is 13.6. The summed E-state index contributed by atoms with van der Waals surface area (Å²) >= 11 is 6.02. The summed E-state index contributed by atoms with van der Waals surface area (Å²) in [7, 11) is 0. The third-order valence-electron chi connectivity index (χ3n) is 5.20. The summed E-state index contributed by atoms with van der Waals surface area (Å²) in [6, 6.07) is 11.8. The number of nitrogens with one attached hydrogen (secondary N) is 1. The number of halogens is 2. The Bertz CT molecular complexity index is 840. The molecule has 2 aromatic carbocycles. The van der Waals surface area contributed by atoms with E-state index in [4.69, 9.17) is 21.1 Å². The van der Waals surface area contributed by atoms with E-state index in [2.05, 4.69) is 10.2 Å². The van der Waals surface area contributed by atoms with Gasteiger partial charge in [-0.1, -0.05) is 23.7 Å². The molecule has 2 heterocycles. The highest BCUT2D eigenvalue weighted by Gasteiger charge is 2.30. The van der Waals surface area contributed by atoms with Crippen molar-refractivity contribution in [1.29, 1.82) is 0 Å². The van der Waals surface area contributed by atoms with Crippen LogP contribution >= 0.6 is 11.6 Å². The lowest BCUT2D eigenvalue weighted by Gasteiger charge is -2.35. The van der Waals surface area contributed by atoms with E-state index in [9.17, 15) is 9.18 Å². The normalized spacial score (nSPS) is 20.3. The van der Waals surface area contributed by atoms with Gasteiger partial charge in [0, 0.05) is 31.1 Å². The molecule has 1 fully saturated rings. The largest absolute Gasteiger partial charge is 0.480 e. The molecular weight excluding hydrogens is 383 g/mol. The topological polar surface area (TPSA) is 50.8 Å². The van der Waals surface area contributed by atoms with Gasteiger partial charge >= 0.3 is 0 Å². The second-order valence-electron chi connectivity index (χ2n) is 7.02. The van der Waals surface area contributed by atoms with E-state index in [1.807, 2.05) is 6.07 Å². The highest BCUT2D eigenvalue weighted by atomic mass is 35.5. The fourth-order valence-corrected chi connectivity index (χ4v) is 3.90. The van der Waals surface area contributed by atoms with E-state index in [1.165, 1.54) is 12.1 Å². The second kappa shape index (κ2) is 8.47. The van der Waals surface area contributed by atoms with Crippen molar-refractivity contribution in [2.75, 3.05) is 32.8 Å².